The summed E-state index contributed by atoms with van der Waals surface area (Å²) in [6.45, 7) is 0. The van der Waals surface area contributed by atoms with Crippen LogP contribution in [0.1, 0.15) is 40.5 Å². The standard InChI is InChI=1S/C17H21N3O3S/c1-18-24(22,23)13-10-16(20(2)11-13)17(21)19-15-9-5-7-12-6-3-4-8-14(12)15/h3-4,6,8,10-11,15,18H,5,7,9H2,1-2H3,(H,19,21)/t15-/m0/s1. The molecular weight excluding hydrogens is 326 g/mol. The first-order chi connectivity index (χ1) is 11.4. The number of nitrogens with one attached hydrogen (secondary N) is 2. The van der Waals surface area contributed by atoms with E-state index >= 15 is 0 Å². The van der Waals surface area contributed by atoms with Crippen LogP contribution in [0.4, 0.5) is 0 Å². The summed E-state index contributed by atoms with van der Waals surface area (Å²) < 4.78 is 27.6. The summed E-state index contributed by atoms with van der Waals surface area (Å²) in [7, 11) is -0.553. The predicted octanol–water partition coefficient (Wildman–Crippen LogP) is 1.74. The van der Waals surface area contributed by atoms with Crippen LogP contribution in [-0.4, -0.2) is 25.9 Å². The highest BCUT2D eigenvalue weighted by Gasteiger charge is 2.24. The molecule has 1 aromatic heterocycles. The molecule has 1 heterocycles. The van der Waals surface area contributed by atoms with E-state index in [9.17, 15) is 13.2 Å². The number of amides is 1. The van der Waals surface area contributed by atoms with E-state index < -0.39 is 10.0 Å². The van der Waals surface area contributed by atoms with Crippen molar-refractivity contribution in [3.05, 3.63) is 53.3 Å². The molecule has 0 spiro atoms. The SMILES string of the molecule is CNS(=O)(=O)c1cc(C(=O)N[C@H]2CCCc3ccccc32)n(C)c1. The molecule has 0 radical (unpaired) electrons. The number of fused-ring (bicyclic) bond motifs is 1. The van der Waals surface area contributed by atoms with Crippen LogP contribution in [0.5, 0.6) is 0 Å². The van der Waals surface area contributed by atoms with E-state index in [0.717, 1.165) is 24.8 Å². The minimum Gasteiger partial charge on any atom is -0.345 e. The van der Waals surface area contributed by atoms with E-state index in [0.29, 0.717) is 5.69 Å². The van der Waals surface area contributed by atoms with Crippen molar-refractivity contribution in [3.8, 4) is 0 Å². The summed E-state index contributed by atoms with van der Waals surface area (Å²) in [5, 5.41) is 3.04. The van der Waals surface area contributed by atoms with Gasteiger partial charge < -0.3 is 9.88 Å². The van der Waals surface area contributed by atoms with Crippen molar-refractivity contribution in [2.24, 2.45) is 7.05 Å². The predicted molar refractivity (Wildman–Crippen MR) is 91.2 cm³/mol. The minimum atomic E-state index is -3.57. The lowest BCUT2D eigenvalue weighted by molar-refractivity contribution is 0.0924. The second-order valence-corrected chi connectivity index (χ2v) is 7.88. The zero-order valence-electron chi connectivity index (χ0n) is 13.7. The largest absolute Gasteiger partial charge is 0.345 e. The Kier molecular flexibility index (Phi) is 4.47. The van der Waals surface area contributed by atoms with Gasteiger partial charge in [-0.25, -0.2) is 13.1 Å². The zero-order valence-corrected chi connectivity index (χ0v) is 14.6. The molecule has 0 bridgehead atoms. The lowest BCUT2D eigenvalue weighted by Crippen LogP contribution is -2.32. The second kappa shape index (κ2) is 6.41. The number of carbonyl (C=O) groups excluding carboxylic acids is 1. The van der Waals surface area contributed by atoms with Crippen molar-refractivity contribution in [3.63, 3.8) is 0 Å². The highest BCUT2D eigenvalue weighted by molar-refractivity contribution is 7.89. The molecule has 0 saturated carbocycles. The topological polar surface area (TPSA) is 80.2 Å². The maximum absolute atomic E-state index is 12.6. The van der Waals surface area contributed by atoms with Crippen molar-refractivity contribution in [1.29, 1.82) is 0 Å². The van der Waals surface area contributed by atoms with Gasteiger partial charge in [0.2, 0.25) is 10.0 Å². The van der Waals surface area contributed by atoms with E-state index in [2.05, 4.69) is 16.1 Å². The highest BCUT2D eigenvalue weighted by Crippen LogP contribution is 2.29. The minimum absolute atomic E-state index is 0.0401. The Hall–Kier alpha value is -2.12. The Bertz CT molecular complexity index is 871. The molecule has 128 valence electrons. The van der Waals surface area contributed by atoms with Crippen LogP contribution in [-0.2, 0) is 23.5 Å². The van der Waals surface area contributed by atoms with Gasteiger partial charge in [0.05, 0.1) is 6.04 Å². The number of sulfonamides is 1. The Labute approximate surface area is 141 Å². The highest BCUT2D eigenvalue weighted by atomic mass is 32.2. The molecule has 24 heavy (non-hydrogen) atoms. The Morgan fingerprint density at radius 3 is 2.79 bits per heavy atom. The first-order valence-corrected chi connectivity index (χ1v) is 9.39. The normalized spacial score (nSPS) is 17.3. The van der Waals surface area contributed by atoms with Crippen LogP contribution in [0.15, 0.2) is 41.4 Å². The molecule has 6 nitrogen and oxygen atoms in total. The van der Waals surface area contributed by atoms with Crippen molar-refractivity contribution < 1.29 is 13.2 Å². The molecule has 0 aliphatic heterocycles. The van der Waals surface area contributed by atoms with Crippen LogP contribution in [0.25, 0.3) is 0 Å². The molecule has 0 unspecified atom stereocenters. The zero-order chi connectivity index (χ0) is 17.3. The summed E-state index contributed by atoms with van der Waals surface area (Å²) in [5.74, 6) is -0.267. The lowest BCUT2D eigenvalue weighted by atomic mass is 9.87. The summed E-state index contributed by atoms with van der Waals surface area (Å²) in [5.41, 5.74) is 2.74. The summed E-state index contributed by atoms with van der Waals surface area (Å²) in [6.07, 6.45) is 4.37. The number of benzene rings is 1. The Morgan fingerprint density at radius 1 is 1.29 bits per heavy atom. The van der Waals surface area contributed by atoms with Crippen molar-refractivity contribution in [1.82, 2.24) is 14.6 Å². The van der Waals surface area contributed by atoms with E-state index in [1.54, 1.807) is 7.05 Å². The summed E-state index contributed by atoms with van der Waals surface area (Å²) in [6, 6.07) is 9.48. The van der Waals surface area contributed by atoms with Gasteiger partial charge in [0, 0.05) is 13.2 Å². The smallest absolute Gasteiger partial charge is 0.268 e. The van der Waals surface area contributed by atoms with Gasteiger partial charge in [-0.2, -0.15) is 0 Å². The first-order valence-electron chi connectivity index (χ1n) is 7.91. The number of hydrogen-bond donors (Lipinski definition) is 2. The van der Waals surface area contributed by atoms with Crippen LogP contribution < -0.4 is 10.0 Å². The second-order valence-electron chi connectivity index (χ2n) is 6.00. The molecule has 2 N–H and O–H groups in total. The van der Waals surface area contributed by atoms with Gasteiger partial charge in [0.1, 0.15) is 10.6 Å². The molecular formula is C17H21N3O3S. The molecule has 0 saturated heterocycles. The van der Waals surface area contributed by atoms with Gasteiger partial charge in [-0.05, 0) is 43.5 Å². The van der Waals surface area contributed by atoms with Crippen molar-refractivity contribution in [2.75, 3.05) is 7.05 Å². The monoisotopic (exact) mass is 347 g/mol. The number of hydrogen-bond acceptors (Lipinski definition) is 3. The number of rotatable bonds is 4. The molecule has 3 rings (SSSR count). The van der Waals surface area contributed by atoms with Gasteiger partial charge in [-0.1, -0.05) is 24.3 Å². The van der Waals surface area contributed by atoms with Gasteiger partial charge in [-0.3, -0.25) is 4.79 Å². The van der Waals surface area contributed by atoms with E-state index in [4.69, 9.17) is 0 Å². The third-order valence-corrected chi connectivity index (χ3v) is 5.85. The lowest BCUT2D eigenvalue weighted by Gasteiger charge is -2.26. The van der Waals surface area contributed by atoms with Gasteiger partial charge >= 0.3 is 0 Å². The third kappa shape index (κ3) is 3.09. The van der Waals surface area contributed by atoms with Gasteiger partial charge in [0.15, 0.2) is 0 Å². The van der Waals surface area contributed by atoms with Crippen LogP contribution in [0.3, 0.4) is 0 Å². The summed E-state index contributed by atoms with van der Waals surface area (Å²) in [4.78, 5) is 12.7. The van der Waals surface area contributed by atoms with Crippen LogP contribution in [0.2, 0.25) is 0 Å². The molecule has 1 aliphatic carbocycles. The molecule has 1 amide bonds. The molecule has 1 atom stereocenters. The average molecular weight is 347 g/mol. The fourth-order valence-corrected chi connectivity index (χ4v) is 3.96. The molecule has 7 heteroatoms. The number of aromatic nitrogens is 1. The molecule has 0 fully saturated rings. The van der Waals surface area contributed by atoms with E-state index in [1.165, 1.54) is 29.4 Å². The molecule has 1 aromatic carbocycles. The maximum atomic E-state index is 12.6. The fourth-order valence-electron chi connectivity index (χ4n) is 3.16. The Balaban J connectivity index is 1.84. The third-order valence-electron chi connectivity index (χ3n) is 4.47. The van der Waals surface area contributed by atoms with Crippen LogP contribution in [0, 0.1) is 0 Å². The average Bonchev–Trinajstić information content (AvgIpc) is 2.98. The van der Waals surface area contributed by atoms with Gasteiger partial charge in [-0.15, -0.1) is 0 Å². The van der Waals surface area contributed by atoms with E-state index in [-0.39, 0.29) is 16.8 Å². The number of carbonyl (C=O) groups is 1. The number of aryl methyl sites for hydroxylation is 2. The number of nitrogens with zero attached hydrogens (tertiary/aromatic N) is 1. The Morgan fingerprint density at radius 2 is 2.04 bits per heavy atom. The quantitative estimate of drug-likeness (QED) is 0.884. The maximum Gasteiger partial charge on any atom is 0.268 e. The first kappa shape index (κ1) is 16.7. The molecule has 1 aliphatic rings. The van der Waals surface area contributed by atoms with Gasteiger partial charge in [0.25, 0.3) is 5.91 Å². The van der Waals surface area contributed by atoms with Crippen molar-refractivity contribution in [2.45, 2.75) is 30.2 Å². The van der Waals surface area contributed by atoms with Crippen molar-refractivity contribution >= 4 is 15.9 Å². The van der Waals surface area contributed by atoms with E-state index in [1.807, 2.05) is 18.2 Å². The summed E-state index contributed by atoms with van der Waals surface area (Å²) >= 11 is 0. The fraction of sp³-hybridized carbons (Fsp3) is 0.353. The van der Waals surface area contributed by atoms with Crippen LogP contribution >= 0.6 is 0 Å². The molecule has 2 aromatic rings.